The second-order valence-corrected chi connectivity index (χ2v) is 6.17. The van der Waals surface area contributed by atoms with Crippen LogP contribution in [-0.4, -0.2) is 30.8 Å². The first kappa shape index (κ1) is 19.7. The van der Waals surface area contributed by atoms with Crippen LogP contribution >= 0.6 is 11.8 Å². The third kappa shape index (κ3) is 6.36. The van der Waals surface area contributed by atoms with E-state index >= 15 is 0 Å². The van der Waals surface area contributed by atoms with Gasteiger partial charge < -0.3 is 14.8 Å². The van der Waals surface area contributed by atoms with Crippen molar-refractivity contribution in [1.29, 1.82) is 0 Å². The highest BCUT2D eigenvalue weighted by Crippen LogP contribution is 2.31. The van der Waals surface area contributed by atoms with Gasteiger partial charge in [-0.2, -0.15) is 8.78 Å². The molecule has 0 heterocycles. The number of hydrogen-bond acceptors (Lipinski definition) is 5. The molecule has 2 rings (SSSR count). The summed E-state index contributed by atoms with van der Waals surface area (Å²) in [4.78, 5) is 23.8. The smallest absolute Gasteiger partial charge is 0.344 e. The fourth-order valence-corrected chi connectivity index (χ4v) is 2.59. The van der Waals surface area contributed by atoms with Gasteiger partial charge in [-0.05, 0) is 30.7 Å². The predicted molar refractivity (Wildman–Crippen MR) is 94.6 cm³/mol. The SMILES string of the molecule is Cc1ccccc1OCC(=O)OCC(=O)Nc1ccccc1SC(F)F. The van der Waals surface area contributed by atoms with Gasteiger partial charge in [-0.15, -0.1) is 0 Å². The number of para-hydroxylation sites is 2. The third-order valence-electron chi connectivity index (χ3n) is 3.18. The number of ether oxygens (including phenoxy) is 2. The molecule has 0 aliphatic carbocycles. The summed E-state index contributed by atoms with van der Waals surface area (Å²) in [6.45, 7) is 0.961. The molecule has 0 aliphatic rings. The first-order chi connectivity index (χ1) is 12.5. The fourth-order valence-electron chi connectivity index (χ4n) is 2.00. The van der Waals surface area contributed by atoms with Crippen molar-refractivity contribution in [1.82, 2.24) is 0 Å². The topological polar surface area (TPSA) is 64.6 Å². The van der Waals surface area contributed by atoms with Gasteiger partial charge in [0.15, 0.2) is 13.2 Å². The van der Waals surface area contributed by atoms with E-state index in [0.29, 0.717) is 17.5 Å². The summed E-state index contributed by atoms with van der Waals surface area (Å²) in [5, 5.41) is 2.44. The van der Waals surface area contributed by atoms with Crippen LogP contribution < -0.4 is 10.1 Å². The zero-order valence-corrected chi connectivity index (χ0v) is 14.7. The molecule has 8 heteroatoms. The number of thioether (sulfide) groups is 1. The van der Waals surface area contributed by atoms with Gasteiger partial charge in [0.1, 0.15) is 5.75 Å². The monoisotopic (exact) mass is 381 g/mol. The zero-order chi connectivity index (χ0) is 18.9. The normalized spacial score (nSPS) is 10.5. The molecule has 0 atom stereocenters. The molecule has 2 aromatic rings. The molecule has 5 nitrogen and oxygen atoms in total. The van der Waals surface area contributed by atoms with E-state index in [1.807, 2.05) is 19.1 Å². The molecule has 0 bridgehead atoms. The maximum atomic E-state index is 12.5. The molecule has 0 radical (unpaired) electrons. The molecule has 26 heavy (non-hydrogen) atoms. The second kappa shape index (κ2) is 9.76. The van der Waals surface area contributed by atoms with Crippen molar-refractivity contribution in [2.24, 2.45) is 0 Å². The van der Waals surface area contributed by atoms with Gasteiger partial charge >= 0.3 is 5.97 Å². The van der Waals surface area contributed by atoms with Crippen LogP contribution in [-0.2, 0) is 14.3 Å². The van der Waals surface area contributed by atoms with E-state index in [9.17, 15) is 18.4 Å². The molecule has 0 spiro atoms. The maximum absolute atomic E-state index is 12.5. The number of alkyl halides is 2. The molecule has 1 amide bonds. The highest BCUT2D eigenvalue weighted by Gasteiger charge is 2.13. The summed E-state index contributed by atoms with van der Waals surface area (Å²) in [6, 6.07) is 13.3. The highest BCUT2D eigenvalue weighted by atomic mass is 32.2. The summed E-state index contributed by atoms with van der Waals surface area (Å²) in [5.41, 5.74) is 1.10. The Labute approximate surface area is 153 Å². The minimum Gasteiger partial charge on any atom is -0.482 e. The molecular weight excluding hydrogens is 364 g/mol. The van der Waals surface area contributed by atoms with Crippen LogP contribution in [0.1, 0.15) is 5.56 Å². The summed E-state index contributed by atoms with van der Waals surface area (Å²) >= 11 is 0.323. The predicted octanol–water partition coefficient (Wildman–Crippen LogP) is 3.87. The number of benzene rings is 2. The van der Waals surface area contributed by atoms with Crippen molar-refractivity contribution in [3.05, 3.63) is 54.1 Å². The van der Waals surface area contributed by atoms with Crippen molar-refractivity contribution < 1.29 is 27.8 Å². The summed E-state index contributed by atoms with van der Waals surface area (Å²) < 4.78 is 35.2. The molecule has 2 aromatic carbocycles. The van der Waals surface area contributed by atoms with Crippen molar-refractivity contribution >= 4 is 29.3 Å². The summed E-state index contributed by atoms with van der Waals surface area (Å²) in [6.07, 6.45) is 0. The Balaban J connectivity index is 1.80. The van der Waals surface area contributed by atoms with E-state index in [2.05, 4.69) is 5.32 Å². The lowest BCUT2D eigenvalue weighted by molar-refractivity contribution is -0.149. The molecule has 0 aliphatic heterocycles. The Morgan fingerprint density at radius 1 is 1.08 bits per heavy atom. The van der Waals surface area contributed by atoms with E-state index < -0.39 is 24.2 Å². The lowest BCUT2D eigenvalue weighted by Crippen LogP contribution is -2.24. The Morgan fingerprint density at radius 2 is 1.77 bits per heavy atom. The lowest BCUT2D eigenvalue weighted by Gasteiger charge is -2.11. The maximum Gasteiger partial charge on any atom is 0.344 e. The average Bonchev–Trinajstić information content (AvgIpc) is 2.60. The number of hydrogen-bond donors (Lipinski definition) is 1. The Bertz CT molecular complexity index is 770. The minimum absolute atomic E-state index is 0.227. The number of rotatable bonds is 8. The Morgan fingerprint density at radius 3 is 2.50 bits per heavy atom. The number of carbonyl (C=O) groups excluding carboxylic acids is 2. The Kier molecular flexibility index (Phi) is 7.40. The van der Waals surface area contributed by atoms with Gasteiger partial charge in [-0.3, -0.25) is 4.79 Å². The minimum atomic E-state index is -2.61. The van der Waals surface area contributed by atoms with Crippen LogP contribution in [0, 0.1) is 6.92 Å². The number of halogens is 2. The van der Waals surface area contributed by atoms with Crippen molar-refractivity contribution in [3.8, 4) is 5.75 Å². The standard InChI is InChI=1S/C18H17F2NO4S/c1-12-6-2-4-8-14(12)24-11-17(23)25-10-16(22)21-13-7-3-5-9-15(13)26-18(19)20/h2-9,18H,10-11H2,1H3,(H,21,22). The average molecular weight is 381 g/mol. The van der Waals surface area contributed by atoms with Gasteiger partial charge in [-0.25, -0.2) is 4.79 Å². The number of nitrogens with one attached hydrogen (secondary N) is 1. The van der Waals surface area contributed by atoms with Crippen molar-refractivity contribution in [2.45, 2.75) is 17.6 Å². The summed E-state index contributed by atoms with van der Waals surface area (Å²) in [5.74, 6) is -3.40. The third-order valence-corrected chi connectivity index (χ3v) is 3.97. The van der Waals surface area contributed by atoms with Crippen LogP contribution in [0.25, 0.3) is 0 Å². The quantitative estimate of drug-likeness (QED) is 0.556. The second-order valence-electron chi connectivity index (χ2n) is 5.14. The number of aryl methyl sites for hydroxylation is 1. The first-order valence-corrected chi connectivity index (χ1v) is 8.51. The highest BCUT2D eigenvalue weighted by molar-refractivity contribution is 7.99. The van der Waals surface area contributed by atoms with Crippen LogP contribution in [0.15, 0.2) is 53.4 Å². The molecule has 0 saturated heterocycles. The Hall–Kier alpha value is -2.61. The van der Waals surface area contributed by atoms with Gasteiger partial charge in [0.05, 0.1) is 5.69 Å². The van der Waals surface area contributed by atoms with E-state index in [1.165, 1.54) is 12.1 Å². The van der Waals surface area contributed by atoms with Crippen LogP contribution in [0.4, 0.5) is 14.5 Å². The first-order valence-electron chi connectivity index (χ1n) is 7.63. The largest absolute Gasteiger partial charge is 0.482 e. The lowest BCUT2D eigenvalue weighted by atomic mass is 10.2. The number of amides is 1. The van der Waals surface area contributed by atoms with Gasteiger partial charge in [0.2, 0.25) is 0 Å². The number of esters is 1. The van der Waals surface area contributed by atoms with Crippen molar-refractivity contribution in [2.75, 3.05) is 18.5 Å². The van der Waals surface area contributed by atoms with Gasteiger partial charge in [-0.1, -0.05) is 42.1 Å². The molecule has 0 fully saturated rings. The molecule has 1 N–H and O–H groups in total. The molecule has 0 saturated carbocycles. The van der Waals surface area contributed by atoms with E-state index in [1.54, 1.807) is 24.3 Å². The molecule has 138 valence electrons. The van der Waals surface area contributed by atoms with Gasteiger partial charge in [0.25, 0.3) is 11.7 Å². The fraction of sp³-hybridized carbons (Fsp3) is 0.222. The molecule has 0 aromatic heterocycles. The zero-order valence-electron chi connectivity index (χ0n) is 13.9. The van der Waals surface area contributed by atoms with Crippen LogP contribution in [0.3, 0.4) is 0 Å². The summed E-state index contributed by atoms with van der Waals surface area (Å²) in [7, 11) is 0. The van der Waals surface area contributed by atoms with Crippen molar-refractivity contribution in [3.63, 3.8) is 0 Å². The van der Waals surface area contributed by atoms with Crippen LogP contribution in [0.5, 0.6) is 5.75 Å². The molecule has 0 unspecified atom stereocenters. The number of carbonyl (C=O) groups is 2. The van der Waals surface area contributed by atoms with Gasteiger partial charge in [0, 0.05) is 4.90 Å². The van der Waals surface area contributed by atoms with E-state index in [4.69, 9.17) is 9.47 Å². The van der Waals surface area contributed by atoms with Crippen LogP contribution in [0.2, 0.25) is 0 Å². The van der Waals surface area contributed by atoms with E-state index in [-0.39, 0.29) is 17.2 Å². The molecular formula is C18H17F2NO4S. The number of anilines is 1. The van der Waals surface area contributed by atoms with E-state index in [0.717, 1.165) is 5.56 Å².